The fourth-order valence-corrected chi connectivity index (χ4v) is 3.54. The number of hydrogen-bond acceptors (Lipinski definition) is 4. The summed E-state index contributed by atoms with van der Waals surface area (Å²) in [7, 11) is 3.46. The molecule has 0 aromatic heterocycles. The molecule has 0 aliphatic carbocycles. The molecule has 0 unspecified atom stereocenters. The molecule has 0 radical (unpaired) electrons. The van der Waals surface area contributed by atoms with Crippen LogP contribution in [0.4, 0.5) is 10.5 Å². The van der Waals surface area contributed by atoms with E-state index in [4.69, 9.17) is 4.74 Å². The number of morpholine rings is 1. The fraction of sp³-hybridized carbons (Fsp3) is 0.550. The Morgan fingerprint density at radius 2 is 1.71 bits per heavy atom. The molecule has 4 amide bonds. The highest BCUT2D eigenvalue weighted by Crippen LogP contribution is 2.21. The summed E-state index contributed by atoms with van der Waals surface area (Å²) in [4.78, 5) is 42.3. The predicted molar refractivity (Wildman–Crippen MR) is 105 cm³/mol. The molecule has 8 heteroatoms. The molecule has 0 spiro atoms. The number of urea groups is 1. The summed E-state index contributed by atoms with van der Waals surface area (Å²) in [5.74, 6) is -0.243. The Kier molecular flexibility index (Phi) is 6.51. The smallest absolute Gasteiger partial charge is 0.319 e. The average molecular weight is 388 g/mol. The minimum atomic E-state index is -0.134. The third kappa shape index (κ3) is 4.81. The van der Waals surface area contributed by atoms with E-state index < -0.39 is 0 Å². The van der Waals surface area contributed by atoms with Crippen LogP contribution in [0, 0.1) is 5.92 Å². The number of nitrogens with one attached hydrogen (secondary N) is 1. The Morgan fingerprint density at radius 1 is 1.04 bits per heavy atom. The minimum absolute atomic E-state index is 0.0202. The summed E-state index contributed by atoms with van der Waals surface area (Å²) in [6.07, 6.45) is 1.27. The van der Waals surface area contributed by atoms with E-state index in [0.717, 1.165) is 0 Å². The molecule has 2 saturated heterocycles. The highest BCUT2D eigenvalue weighted by atomic mass is 16.5. The number of likely N-dealkylation sites (tertiary alicyclic amines) is 1. The van der Waals surface area contributed by atoms with Gasteiger partial charge in [0.05, 0.1) is 13.2 Å². The van der Waals surface area contributed by atoms with Crippen LogP contribution >= 0.6 is 0 Å². The summed E-state index contributed by atoms with van der Waals surface area (Å²) in [6.45, 7) is 3.42. The second-order valence-electron chi connectivity index (χ2n) is 7.41. The minimum Gasteiger partial charge on any atom is -0.378 e. The quantitative estimate of drug-likeness (QED) is 0.851. The lowest BCUT2D eigenvalue weighted by molar-refractivity contribution is -0.121. The van der Waals surface area contributed by atoms with Crippen LogP contribution in [0.5, 0.6) is 0 Å². The van der Waals surface area contributed by atoms with E-state index in [0.29, 0.717) is 63.5 Å². The Hall–Kier alpha value is -2.61. The van der Waals surface area contributed by atoms with Gasteiger partial charge in [-0.2, -0.15) is 0 Å². The van der Waals surface area contributed by atoms with Crippen LogP contribution in [-0.4, -0.2) is 86.0 Å². The molecule has 8 nitrogen and oxygen atoms in total. The number of nitrogens with zero attached hydrogens (tertiary/aromatic N) is 3. The van der Waals surface area contributed by atoms with Gasteiger partial charge in [0.1, 0.15) is 0 Å². The van der Waals surface area contributed by atoms with Gasteiger partial charge >= 0.3 is 6.03 Å². The van der Waals surface area contributed by atoms with Crippen LogP contribution in [-0.2, 0) is 9.53 Å². The molecule has 2 aliphatic heterocycles. The summed E-state index contributed by atoms with van der Waals surface area (Å²) < 4.78 is 5.29. The first-order valence-electron chi connectivity index (χ1n) is 9.70. The van der Waals surface area contributed by atoms with E-state index >= 15 is 0 Å². The molecule has 2 heterocycles. The van der Waals surface area contributed by atoms with Crippen molar-refractivity contribution in [2.24, 2.45) is 5.92 Å². The molecule has 3 rings (SSSR count). The van der Waals surface area contributed by atoms with Crippen molar-refractivity contribution >= 4 is 23.5 Å². The van der Waals surface area contributed by atoms with Gasteiger partial charge in [0.15, 0.2) is 0 Å². The van der Waals surface area contributed by atoms with E-state index in [1.54, 1.807) is 53.1 Å². The SMILES string of the molecule is CN(C)C(=O)N1CCC(C(=O)Nc2cccc(C(=O)N3CCOCC3)c2)CC1. The zero-order valence-electron chi connectivity index (χ0n) is 16.5. The third-order valence-corrected chi connectivity index (χ3v) is 5.19. The highest BCUT2D eigenvalue weighted by molar-refractivity contribution is 5.97. The van der Waals surface area contributed by atoms with Gasteiger partial charge in [-0.05, 0) is 31.0 Å². The van der Waals surface area contributed by atoms with E-state index in [2.05, 4.69) is 5.32 Å². The van der Waals surface area contributed by atoms with Crippen LogP contribution in [0.1, 0.15) is 23.2 Å². The Morgan fingerprint density at radius 3 is 2.36 bits per heavy atom. The number of benzene rings is 1. The number of carbonyl (C=O) groups excluding carboxylic acids is 3. The number of piperidine rings is 1. The molecule has 0 bridgehead atoms. The maximum absolute atomic E-state index is 12.6. The van der Waals surface area contributed by atoms with Crippen molar-refractivity contribution in [1.29, 1.82) is 0 Å². The molecule has 0 saturated carbocycles. The Labute approximate surface area is 165 Å². The Bertz CT molecular complexity index is 723. The van der Waals surface area contributed by atoms with Gasteiger partial charge in [-0.15, -0.1) is 0 Å². The summed E-state index contributed by atoms with van der Waals surface area (Å²) in [6, 6.07) is 7.03. The van der Waals surface area contributed by atoms with Crippen LogP contribution in [0.3, 0.4) is 0 Å². The average Bonchev–Trinajstić information content (AvgIpc) is 2.73. The number of carbonyl (C=O) groups is 3. The third-order valence-electron chi connectivity index (χ3n) is 5.19. The van der Waals surface area contributed by atoms with Crippen molar-refractivity contribution in [2.75, 3.05) is 58.8 Å². The highest BCUT2D eigenvalue weighted by Gasteiger charge is 2.28. The molecule has 1 aromatic rings. The zero-order valence-corrected chi connectivity index (χ0v) is 16.5. The first-order valence-corrected chi connectivity index (χ1v) is 9.70. The van der Waals surface area contributed by atoms with E-state index in [1.807, 2.05) is 0 Å². The largest absolute Gasteiger partial charge is 0.378 e. The lowest BCUT2D eigenvalue weighted by atomic mass is 9.96. The van der Waals surface area contributed by atoms with Crippen molar-refractivity contribution in [3.8, 4) is 0 Å². The second-order valence-corrected chi connectivity index (χ2v) is 7.41. The monoisotopic (exact) mass is 388 g/mol. The number of amides is 4. The first-order chi connectivity index (χ1) is 13.5. The lowest BCUT2D eigenvalue weighted by Gasteiger charge is -2.33. The van der Waals surface area contributed by atoms with Gasteiger partial charge in [0, 0.05) is 57.4 Å². The number of hydrogen-bond donors (Lipinski definition) is 1. The van der Waals surface area contributed by atoms with Crippen LogP contribution in [0.2, 0.25) is 0 Å². The van der Waals surface area contributed by atoms with Crippen LogP contribution < -0.4 is 5.32 Å². The van der Waals surface area contributed by atoms with Gasteiger partial charge in [0.25, 0.3) is 5.91 Å². The van der Waals surface area contributed by atoms with Crippen molar-refractivity contribution in [2.45, 2.75) is 12.8 Å². The summed E-state index contributed by atoms with van der Waals surface area (Å²) >= 11 is 0. The molecular formula is C20H28N4O4. The van der Waals surface area contributed by atoms with Crippen molar-refractivity contribution in [3.05, 3.63) is 29.8 Å². The molecule has 1 aromatic carbocycles. The molecular weight excluding hydrogens is 360 g/mol. The van der Waals surface area contributed by atoms with Gasteiger partial charge in [0.2, 0.25) is 5.91 Å². The number of rotatable bonds is 3. The van der Waals surface area contributed by atoms with Crippen LogP contribution in [0.25, 0.3) is 0 Å². The van der Waals surface area contributed by atoms with Gasteiger partial charge in [-0.25, -0.2) is 4.79 Å². The summed E-state index contributed by atoms with van der Waals surface area (Å²) in [5, 5.41) is 2.93. The normalized spacial score (nSPS) is 17.9. The molecule has 2 fully saturated rings. The Balaban J connectivity index is 1.56. The topological polar surface area (TPSA) is 82.2 Å². The lowest BCUT2D eigenvalue weighted by Crippen LogP contribution is -2.45. The first kappa shape index (κ1) is 20.1. The van der Waals surface area contributed by atoms with Crippen LogP contribution in [0.15, 0.2) is 24.3 Å². The van der Waals surface area contributed by atoms with Crippen molar-refractivity contribution < 1.29 is 19.1 Å². The van der Waals surface area contributed by atoms with E-state index in [1.165, 1.54) is 0 Å². The maximum Gasteiger partial charge on any atom is 0.319 e. The maximum atomic E-state index is 12.6. The summed E-state index contributed by atoms with van der Waals surface area (Å²) in [5.41, 5.74) is 1.18. The van der Waals surface area contributed by atoms with Crippen molar-refractivity contribution in [1.82, 2.24) is 14.7 Å². The van der Waals surface area contributed by atoms with E-state index in [9.17, 15) is 14.4 Å². The molecule has 2 aliphatic rings. The fourth-order valence-electron chi connectivity index (χ4n) is 3.54. The van der Waals surface area contributed by atoms with Gasteiger partial charge in [-0.3, -0.25) is 9.59 Å². The molecule has 1 N–H and O–H groups in total. The second kappa shape index (κ2) is 9.05. The molecule has 0 atom stereocenters. The van der Waals surface area contributed by atoms with E-state index in [-0.39, 0.29) is 23.8 Å². The molecule has 152 valence electrons. The van der Waals surface area contributed by atoms with Gasteiger partial charge < -0.3 is 24.8 Å². The molecule has 28 heavy (non-hydrogen) atoms. The predicted octanol–water partition coefficient (Wildman–Crippen LogP) is 1.49. The number of ether oxygens (including phenoxy) is 1. The van der Waals surface area contributed by atoms with Gasteiger partial charge in [-0.1, -0.05) is 6.07 Å². The standard InChI is InChI=1S/C20H28N4O4/c1-22(2)20(27)24-8-6-15(7-9-24)18(25)21-17-5-3-4-16(14-17)19(26)23-10-12-28-13-11-23/h3-5,14-15H,6-13H2,1-2H3,(H,21,25). The number of anilines is 1. The van der Waals surface area contributed by atoms with Crippen molar-refractivity contribution in [3.63, 3.8) is 0 Å². The zero-order chi connectivity index (χ0) is 20.1.